The Morgan fingerprint density at radius 2 is 1.74 bits per heavy atom. The number of nitrogens with zero attached hydrogens (tertiary/aromatic N) is 1. The molecule has 0 aromatic heterocycles. The smallest absolute Gasteiger partial charge is 0.163 e. The highest BCUT2D eigenvalue weighted by Crippen LogP contribution is 2.36. The van der Waals surface area contributed by atoms with Gasteiger partial charge in [-0.1, -0.05) is 12.1 Å². The molecule has 2 aliphatic rings. The van der Waals surface area contributed by atoms with E-state index in [9.17, 15) is 8.78 Å². The van der Waals surface area contributed by atoms with E-state index in [-0.39, 0.29) is 30.9 Å². The van der Waals surface area contributed by atoms with Crippen LogP contribution in [-0.4, -0.2) is 44.3 Å². The molecule has 2 saturated heterocycles. The van der Waals surface area contributed by atoms with Gasteiger partial charge in [0.1, 0.15) is 0 Å². The third-order valence-electron chi connectivity index (χ3n) is 4.56. The Kier molecular flexibility index (Phi) is 8.72. The predicted molar refractivity (Wildman–Crippen MR) is 91.6 cm³/mol. The molecule has 132 valence electrons. The van der Waals surface area contributed by atoms with Crippen LogP contribution < -0.4 is 5.32 Å². The molecule has 0 aliphatic carbocycles. The zero-order valence-electron chi connectivity index (χ0n) is 13.0. The topological polar surface area (TPSA) is 24.5 Å². The minimum atomic E-state index is -0.750. The normalized spacial score (nSPS) is 21.1. The van der Waals surface area contributed by atoms with E-state index in [1.54, 1.807) is 12.1 Å². The molecule has 1 aromatic rings. The fourth-order valence-corrected chi connectivity index (χ4v) is 3.49. The van der Waals surface area contributed by atoms with E-state index in [0.29, 0.717) is 24.7 Å². The first-order valence-electron chi connectivity index (χ1n) is 7.74. The van der Waals surface area contributed by atoms with Gasteiger partial charge in [0.15, 0.2) is 11.6 Å². The molecule has 7 heteroatoms. The van der Waals surface area contributed by atoms with Crippen molar-refractivity contribution in [2.45, 2.75) is 18.9 Å². The molecule has 0 bridgehead atoms. The van der Waals surface area contributed by atoms with Crippen LogP contribution in [0, 0.1) is 17.6 Å². The Labute approximate surface area is 148 Å². The molecule has 0 amide bonds. The lowest BCUT2D eigenvalue weighted by atomic mass is 9.85. The zero-order chi connectivity index (χ0) is 14.7. The number of piperazine rings is 1. The fraction of sp³-hybridized carbons (Fsp3) is 0.625. The van der Waals surface area contributed by atoms with Crippen molar-refractivity contribution >= 4 is 24.8 Å². The number of halogens is 4. The molecule has 3 rings (SSSR count). The lowest BCUT2D eigenvalue weighted by molar-refractivity contribution is 0.0201. The second kappa shape index (κ2) is 9.74. The van der Waals surface area contributed by atoms with Gasteiger partial charge in [0.05, 0.1) is 0 Å². The summed E-state index contributed by atoms with van der Waals surface area (Å²) in [6.45, 7) is 4.97. The maximum Gasteiger partial charge on any atom is 0.163 e. The molecule has 0 spiro atoms. The molecule has 1 N–H and O–H groups in total. The summed E-state index contributed by atoms with van der Waals surface area (Å²) in [5.74, 6) is -1.11. The highest BCUT2D eigenvalue weighted by molar-refractivity contribution is 5.85. The Bertz CT molecular complexity index is 463. The summed E-state index contributed by atoms with van der Waals surface area (Å²) in [7, 11) is 0. The maximum absolute atomic E-state index is 14.3. The summed E-state index contributed by atoms with van der Waals surface area (Å²) in [6, 6.07) is 4.49. The summed E-state index contributed by atoms with van der Waals surface area (Å²) in [6.07, 6.45) is 1.81. The van der Waals surface area contributed by atoms with Crippen LogP contribution in [0.2, 0.25) is 0 Å². The van der Waals surface area contributed by atoms with Crippen molar-refractivity contribution in [1.29, 1.82) is 0 Å². The van der Waals surface area contributed by atoms with Crippen molar-refractivity contribution in [3.63, 3.8) is 0 Å². The summed E-state index contributed by atoms with van der Waals surface area (Å²) < 4.78 is 33.4. The third kappa shape index (κ3) is 4.77. The molecule has 23 heavy (non-hydrogen) atoms. The quantitative estimate of drug-likeness (QED) is 0.886. The van der Waals surface area contributed by atoms with Gasteiger partial charge in [-0.3, -0.25) is 4.90 Å². The predicted octanol–water partition coefficient (Wildman–Crippen LogP) is 3.18. The van der Waals surface area contributed by atoms with E-state index in [1.807, 2.05) is 0 Å². The van der Waals surface area contributed by atoms with E-state index in [1.165, 1.54) is 6.07 Å². The second-order valence-corrected chi connectivity index (χ2v) is 5.82. The van der Waals surface area contributed by atoms with Crippen molar-refractivity contribution in [1.82, 2.24) is 10.2 Å². The molecule has 2 heterocycles. The number of benzene rings is 1. The summed E-state index contributed by atoms with van der Waals surface area (Å²) in [4.78, 5) is 2.30. The first-order valence-corrected chi connectivity index (χ1v) is 7.74. The molecule has 0 unspecified atom stereocenters. The molecule has 3 nitrogen and oxygen atoms in total. The van der Waals surface area contributed by atoms with Crippen molar-refractivity contribution < 1.29 is 13.5 Å². The van der Waals surface area contributed by atoms with Crippen LogP contribution in [0.3, 0.4) is 0 Å². The van der Waals surface area contributed by atoms with Gasteiger partial charge in [-0.05, 0) is 24.8 Å². The Hall–Kier alpha value is -0.460. The van der Waals surface area contributed by atoms with E-state index in [4.69, 9.17) is 4.74 Å². The van der Waals surface area contributed by atoms with Crippen LogP contribution in [0.25, 0.3) is 0 Å². The number of hydrogen-bond donors (Lipinski definition) is 1. The lowest BCUT2D eigenvalue weighted by Gasteiger charge is -2.41. The van der Waals surface area contributed by atoms with E-state index in [0.717, 1.165) is 39.0 Å². The minimum Gasteiger partial charge on any atom is -0.381 e. The van der Waals surface area contributed by atoms with Crippen LogP contribution >= 0.6 is 24.8 Å². The van der Waals surface area contributed by atoms with Gasteiger partial charge >= 0.3 is 0 Å². The number of nitrogens with one attached hydrogen (secondary N) is 1. The van der Waals surface area contributed by atoms with Gasteiger partial charge in [0.25, 0.3) is 0 Å². The number of rotatable bonds is 3. The highest BCUT2D eigenvalue weighted by atomic mass is 35.5. The average molecular weight is 369 g/mol. The molecule has 2 fully saturated rings. The maximum atomic E-state index is 14.3. The van der Waals surface area contributed by atoms with Crippen molar-refractivity contribution in [2.75, 3.05) is 39.4 Å². The van der Waals surface area contributed by atoms with Crippen molar-refractivity contribution in [3.8, 4) is 0 Å². The van der Waals surface area contributed by atoms with Gasteiger partial charge in [0, 0.05) is 51.0 Å². The van der Waals surface area contributed by atoms with Gasteiger partial charge in [-0.15, -0.1) is 24.8 Å². The van der Waals surface area contributed by atoms with Crippen LogP contribution in [0.5, 0.6) is 0 Å². The van der Waals surface area contributed by atoms with E-state index < -0.39 is 11.6 Å². The monoisotopic (exact) mass is 368 g/mol. The highest BCUT2D eigenvalue weighted by Gasteiger charge is 2.33. The fourth-order valence-electron chi connectivity index (χ4n) is 3.49. The Morgan fingerprint density at radius 1 is 1.09 bits per heavy atom. The molecular weight excluding hydrogens is 345 g/mol. The number of hydrogen-bond acceptors (Lipinski definition) is 3. The number of ether oxygens (including phenoxy) is 1. The van der Waals surface area contributed by atoms with Crippen LogP contribution in [-0.2, 0) is 4.74 Å². The molecule has 1 atom stereocenters. The first-order chi connectivity index (χ1) is 10.3. The van der Waals surface area contributed by atoms with Crippen molar-refractivity contribution in [2.24, 2.45) is 5.92 Å². The molecule has 2 aliphatic heterocycles. The Morgan fingerprint density at radius 3 is 2.39 bits per heavy atom. The SMILES string of the molecule is Cl.Cl.Fc1cccc([C@H](C2CCOCC2)N2CCNCC2)c1F. The largest absolute Gasteiger partial charge is 0.381 e. The third-order valence-corrected chi connectivity index (χ3v) is 4.56. The average Bonchev–Trinajstić information content (AvgIpc) is 2.54. The Balaban J connectivity index is 0.00000132. The van der Waals surface area contributed by atoms with Gasteiger partial charge in [-0.2, -0.15) is 0 Å². The summed E-state index contributed by atoms with van der Waals surface area (Å²) in [5, 5.41) is 3.32. The van der Waals surface area contributed by atoms with E-state index >= 15 is 0 Å². The van der Waals surface area contributed by atoms with Gasteiger partial charge in [-0.25, -0.2) is 8.78 Å². The second-order valence-electron chi connectivity index (χ2n) is 5.82. The van der Waals surface area contributed by atoms with Gasteiger partial charge in [0.2, 0.25) is 0 Å². The van der Waals surface area contributed by atoms with Gasteiger partial charge < -0.3 is 10.1 Å². The van der Waals surface area contributed by atoms with Crippen LogP contribution in [0.15, 0.2) is 18.2 Å². The zero-order valence-corrected chi connectivity index (χ0v) is 14.6. The molecule has 1 aromatic carbocycles. The van der Waals surface area contributed by atoms with Crippen LogP contribution in [0.1, 0.15) is 24.4 Å². The first kappa shape index (κ1) is 20.6. The minimum absolute atomic E-state index is 0. The van der Waals surface area contributed by atoms with E-state index in [2.05, 4.69) is 10.2 Å². The molecular formula is C16H24Cl2F2N2O. The molecule has 0 radical (unpaired) electrons. The lowest BCUT2D eigenvalue weighted by Crippen LogP contribution is -2.47. The van der Waals surface area contributed by atoms with Crippen LogP contribution in [0.4, 0.5) is 8.78 Å². The summed E-state index contributed by atoms with van der Waals surface area (Å²) in [5.41, 5.74) is 0.504. The summed E-state index contributed by atoms with van der Waals surface area (Å²) >= 11 is 0. The standard InChI is InChI=1S/C16H22F2N2O.2ClH/c17-14-3-1-2-13(15(14)18)16(12-4-10-21-11-5-12)20-8-6-19-7-9-20;;/h1-3,12,16,19H,4-11H2;2*1H/t16-;;/m0../s1. The van der Waals surface area contributed by atoms with Crippen molar-refractivity contribution in [3.05, 3.63) is 35.4 Å². The molecule has 0 saturated carbocycles.